The molecule has 0 bridgehead atoms. The molecule has 0 radical (unpaired) electrons. The summed E-state index contributed by atoms with van der Waals surface area (Å²) >= 11 is 1.63. The van der Waals surface area contributed by atoms with Crippen LogP contribution in [0.1, 0.15) is 6.92 Å². The lowest BCUT2D eigenvalue weighted by Gasteiger charge is -2.28. The summed E-state index contributed by atoms with van der Waals surface area (Å²) in [5.41, 5.74) is 1.02. The predicted octanol–water partition coefficient (Wildman–Crippen LogP) is 2.14. The zero-order valence-corrected chi connectivity index (χ0v) is 8.47. The monoisotopic (exact) mass is 193 g/mol. The van der Waals surface area contributed by atoms with Crippen LogP contribution >= 0.6 is 11.8 Å². The van der Waals surface area contributed by atoms with Crippen LogP contribution in [-0.4, -0.2) is 18.2 Å². The lowest BCUT2D eigenvalue weighted by Crippen LogP contribution is -2.36. The minimum absolute atomic E-state index is 0.0416. The van der Waals surface area contributed by atoms with Gasteiger partial charge in [0.25, 0.3) is 0 Å². The van der Waals surface area contributed by atoms with Crippen LogP contribution in [0.3, 0.4) is 0 Å². The van der Waals surface area contributed by atoms with Crippen molar-refractivity contribution in [3.8, 4) is 0 Å². The Balaban J connectivity index is 2.49. The van der Waals surface area contributed by atoms with Crippen molar-refractivity contribution in [2.24, 2.45) is 0 Å². The molecule has 1 unspecified atom stereocenters. The van der Waals surface area contributed by atoms with Crippen LogP contribution in [0.15, 0.2) is 29.2 Å². The molecule has 1 amide bonds. The number of nitrogens with zero attached hydrogens (tertiary/aromatic N) is 1. The molecule has 13 heavy (non-hydrogen) atoms. The average Bonchev–Trinajstić information content (AvgIpc) is 2.15. The largest absolute Gasteiger partial charge is 0.313 e. The molecule has 3 heteroatoms. The third-order valence-electron chi connectivity index (χ3n) is 2.21. The van der Waals surface area contributed by atoms with Gasteiger partial charge in [-0.15, -0.1) is 11.8 Å². The second-order valence-corrected chi connectivity index (χ2v) is 4.51. The van der Waals surface area contributed by atoms with Gasteiger partial charge in [-0.2, -0.15) is 0 Å². The summed E-state index contributed by atoms with van der Waals surface area (Å²) in [5.74, 6) is 0.184. The van der Waals surface area contributed by atoms with Gasteiger partial charge in [0.2, 0.25) is 5.91 Å². The van der Waals surface area contributed by atoms with Crippen molar-refractivity contribution in [2.75, 3.05) is 11.9 Å². The van der Waals surface area contributed by atoms with Crippen LogP contribution < -0.4 is 4.90 Å². The molecule has 0 spiro atoms. The maximum absolute atomic E-state index is 11.6. The number of hydrogen-bond donors (Lipinski definition) is 0. The highest BCUT2D eigenvalue weighted by Gasteiger charge is 2.27. The normalized spacial score (nSPS) is 21.5. The first-order valence-corrected chi connectivity index (χ1v) is 5.11. The Morgan fingerprint density at radius 3 is 2.85 bits per heavy atom. The van der Waals surface area contributed by atoms with Gasteiger partial charge in [-0.1, -0.05) is 12.1 Å². The molecule has 68 valence electrons. The van der Waals surface area contributed by atoms with E-state index in [1.807, 2.05) is 32.2 Å². The summed E-state index contributed by atoms with van der Waals surface area (Å²) in [6, 6.07) is 7.99. The molecule has 1 atom stereocenters. The molecule has 1 aliphatic heterocycles. The van der Waals surface area contributed by atoms with Gasteiger partial charge in [-0.3, -0.25) is 4.79 Å². The minimum Gasteiger partial charge on any atom is -0.313 e. The molecule has 2 rings (SSSR count). The minimum atomic E-state index is 0.0416. The fourth-order valence-electron chi connectivity index (χ4n) is 1.47. The number of carbonyl (C=O) groups excluding carboxylic acids is 1. The van der Waals surface area contributed by atoms with E-state index in [0.717, 1.165) is 5.69 Å². The predicted molar refractivity (Wildman–Crippen MR) is 55.2 cm³/mol. The van der Waals surface area contributed by atoms with Crippen LogP contribution in [0.5, 0.6) is 0 Å². The lowest BCUT2D eigenvalue weighted by molar-refractivity contribution is -0.117. The van der Waals surface area contributed by atoms with E-state index in [0.29, 0.717) is 0 Å². The van der Waals surface area contributed by atoms with E-state index in [1.165, 1.54) is 4.90 Å². The Morgan fingerprint density at radius 1 is 1.38 bits per heavy atom. The lowest BCUT2D eigenvalue weighted by atomic mass is 10.2. The summed E-state index contributed by atoms with van der Waals surface area (Å²) < 4.78 is 0. The van der Waals surface area contributed by atoms with Crippen molar-refractivity contribution in [3.63, 3.8) is 0 Å². The van der Waals surface area contributed by atoms with Gasteiger partial charge >= 0.3 is 0 Å². The van der Waals surface area contributed by atoms with Crippen LogP contribution in [0.4, 0.5) is 5.69 Å². The average molecular weight is 193 g/mol. The second-order valence-electron chi connectivity index (χ2n) is 3.13. The van der Waals surface area contributed by atoms with Crippen molar-refractivity contribution < 1.29 is 4.79 Å². The summed E-state index contributed by atoms with van der Waals surface area (Å²) in [7, 11) is 1.83. The molecule has 0 fully saturated rings. The zero-order valence-electron chi connectivity index (χ0n) is 7.65. The SMILES string of the molecule is CC1Sc2ccccc2N(C)C1=O. The van der Waals surface area contributed by atoms with Crippen molar-refractivity contribution in [2.45, 2.75) is 17.1 Å². The first-order valence-electron chi connectivity index (χ1n) is 4.23. The third-order valence-corrected chi connectivity index (χ3v) is 3.36. The highest BCUT2D eigenvalue weighted by Crippen LogP contribution is 2.37. The summed E-state index contributed by atoms with van der Waals surface area (Å²) in [6.45, 7) is 1.94. The second kappa shape index (κ2) is 3.07. The number of anilines is 1. The molecule has 1 aromatic carbocycles. The number of amides is 1. The number of carbonyl (C=O) groups is 1. The molecule has 0 saturated heterocycles. The first-order chi connectivity index (χ1) is 6.20. The van der Waals surface area contributed by atoms with Crippen molar-refractivity contribution in [1.29, 1.82) is 0 Å². The number of rotatable bonds is 0. The first kappa shape index (κ1) is 8.63. The molecule has 2 nitrogen and oxygen atoms in total. The van der Waals surface area contributed by atoms with Gasteiger partial charge in [0.15, 0.2) is 0 Å². The molecule has 1 heterocycles. The van der Waals surface area contributed by atoms with Crippen LogP contribution in [0.25, 0.3) is 0 Å². The fraction of sp³-hybridized carbons (Fsp3) is 0.300. The van der Waals surface area contributed by atoms with Crippen LogP contribution in [-0.2, 0) is 4.79 Å². The highest BCUT2D eigenvalue weighted by atomic mass is 32.2. The van der Waals surface area contributed by atoms with E-state index in [1.54, 1.807) is 16.7 Å². The Hall–Kier alpha value is -0.960. The molecule has 0 N–H and O–H groups in total. The quantitative estimate of drug-likeness (QED) is 0.629. The Kier molecular flexibility index (Phi) is 2.04. The number of hydrogen-bond acceptors (Lipinski definition) is 2. The Morgan fingerprint density at radius 2 is 2.08 bits per heavy atom. The summed E-state index contributed by atoms with van der Waals surface area (Å²) in [4.78, 5) is 14.5. The zero-order chi connectivity index (χ0) is 9.42. The smallest absolute Gasteiger partial charge is 0.239 e. The number of thioether (sulfide) groups is 1. The van der Waals surface area contributed by atoms with Crippen molar-refractivity contribution >= 4 is 23.4 Å². The van der Waals surface area contributed by atoms with E-state index in [-0.39, 0.29) is 11.2 Å². The van der Waals surface area contributed by atoms with Gasteiger partial charge in [0.05, 0.1) is 10.9 Å². The molecule has 0 saturated carbocycles. The fourth-order valence-corrected chi connectivity index (χ4v) is 2.59. The standard InChI is InChI=1S/C10H11NOS/c1-7-10(12)11(2)8-5-3-4-6-9(8)13-7/h3-7H,1-2H3. The molecular formula is C10H11NOS. The number of fused-ring (bicyclic) bond motifs is 1. The number of para-hydroxylation sites is 1. The van der Waals surface area contributed by atoms with Gasteiger partial charge in [0.1, 0.15) is 0 Å². The van der Waals surface area contributed by atoms with Gasteiger partial charge in [-0.05, 0) is 19.1 Å². The van der Waals surface area contributed by atoms with Crippen LogP contribution in [0.2, 0.25) is 0 Å². The van der Waals surface area contributed by atoms with Crippen LogP contribution in [0, 0.1) is 0 Å². The van der Waals surface area contributed by atoms with Crippen molar-refractivity contribution in [3.05, 3.63) is 24.3 Å². The van der Waals surface area contributed by atoms with Crippen molar-refractivity contribution in [1.82, 2.24) is 0 Å². The third kappa shape index (κ3) is 1.33. The Bertz CT molecular complexity index is 351. The van der Waals surface area contributed by atoms with E-state index >= 15 is 0 Å². The van der Waals surface area contributed by atoms with E-state index in [2.05, 4.69) is 6.07 Å². The van der Waals surface area contributed by atoms with Gasteiger partial charge < -0.3 is 4.90 Å². The van der Waals surface area contributed by atoms with E-state index < -0.39 is 0 Å². The summed E-state index contributed by atoms with van der Waals surface area (Å²) in [6.07, 6.45) is 0. The highest BCUT2D eigenvalue weighted by molar-refractivity contribution is 8.00. The molecular weight excluding hydrogens is 182 g/mol. The maximum atomic E-state index is 11.6. The number of benzene rings is 1. The van der Waals surface area contributed by atoms with Gasteiger partial charge in [0, 0.05) is 11.9 Å². The van der Waals surface area contributed by atoms with E-state index in [4.69, 9.17) is 0 Å². The molecule has 1 aliphatic rings. The van der Waals surface area contributed by atoms with Gasteiger partial charge in [-0.25, -0.2) is 0 Å². The molecule has 0 aliphatic carbocycles. The maximum Gasteiger partial charge on any atom is 0.239 e. The summed E-state index contributed by atoms with van der Waals surface area (Å²) in [5, 5.41) is 0.0416. The molecule has 1 aromatic rings. The molecule has 0 aromatic heterocycles. The topological polar surface area (TPSA) is 20.3 Å². The Labute approximate surface area is 81.9 Å². The van der Waals surface area contributed by atoms with E-state index in [9.17, 15) is 4.79 Å².